The third-order valence-electron chi connectivity index (χ3n) is 3.60. The van der Waals surface area contributed by atoms with Gasteiger partial charge in [-0.25, -0.2) is 4.79 Å². The van der Waals surface area contributed by atoms with Gasteiger partial charge in [-0.2, -0.15) is 0 Å². The molecule has 0 radical (unpaired) electrons. The Morgan fingerprint density at radius 3 is 2.04 bits per heavy atom. The van der Waals surface area contributed by atoms with Gasteiger partial charge in [0.2, 0.25) is 5.91 Å². The molecule has 0 aliphatic carbocycles. The zero-order valence-corrected chi connectivity index (χ0v) is 14.7. The van der Waals surface area contributed by atoms with Crippen LogP contribution in [-0.2, 0) is 14.4 Å². The highest BCUT2D eigenvalue weighted by Crippen LogP contribution is 2.35. The molecule has 0 unspecified atom stereocenters. The molecule has 0 aliphatic rings. The predicted octanol–water partition coefficient (Wildman–Crippen LogP) is 2.95. The fourth-order valence-electron chi connectivity index (χ4n) is 2.31. The number of carboxylic acids is 2. The van der Waals surface area contributed by atoms with Crippen LogP contribution < -0.4 is 5.32 Å². The largest absolute Gasteiger partial charge is 0.481 e. The van der Waals surface area contributed by atoms with Crippen LogP contribution in [-0.4, -0.2) is 34.1 Å². The van der Waals surface area contributed by atoms with Crippen molar-refractivity contribution >= 4 is 29.6 Å². The van der Waals surface area contributed by atoms with Crippen LogP contribution in [0.5, 0.6) is 0 Å². The molecule has 6 nitrogen and oxygen atoms in total. The minimum atomic E-state index is -1.25. The van der Waals surface area contributed by atoms with Crippen molar-refractivity contribution in [2.45, 2.75) is 29.0 Å². The number of hydrogen-bond donors (Lipinski definition) is 3. The zero-order valence-electron chi connectivity index (χ0n) is 13.9. The summed E-state index contributed by atoms with van der Waals surface area (Å²) >= 11 is 1.31. The van der Waals surface area contributed by atoms with Gasteiger partial charge in [0.1, 0.15) is 11.3 Å². The summed E-state index contributed by atoms with van der Waals surface area (Å²) in [7, 11) is 0. The van der Waals surface area contributed by atoms with Crippen molar-refractivity contribution in [3.63, 3.8) is 0 Å². The predicted molar refractivity (Wildman–Crippen MR) is 97.9 cm³/mol. The highest BCUT2D eigenvalue weighted by molar-refractivity contribution is 8.00. The van der Waals surface area contributed by atoms with Gasteiger partial charge >= 0.3 is 11.9 Å². The SMILES string of the molecule is O=C(O)CC[C@H](NC(=O)[C@H](Sc1ccccc1)c1ccccc1)C(=O)O. The van der Waals surface area contributed by atoms with E-state index in [-0.39, 0.29) is 12.8 Å². The lowest BCUT2D eigenvalue weighted by atomic mass is 10.1. The standard InChI is InChI=1S/C19H19NO5S/c21-16(22)12-11-15(19(24)25)20-18(23)17(13-7-3-1-4-8-13)26-14-9-5-2-6-10-14/h1-10,15,17H,11-12H2,(H,20,23)(H,21,22)(H,24,25)/t15-,17+/m0/s1. The third kappa shape index (κ3) is 5.93. The second-order valence-corrected chi connectivity index (χ2v) is 6.73. The number of rotatable bonds is 9. The van der Waals surface area contributed by atoms with Gasteiger partial charge in [0.15, 0.2) is 0 Å². The van der Waals surface area contributed by atoms with E-state index in [1.807, 2.05) is 36.4 Å². The molecule has 3 N–H and O–H groups in total. The monoisotopic (exact) mass is 373 g/mol. The number of carboxylic acid groups (broad SMARTS) is 2. The van der Waals surface area contributed by atoms with Crippen LogP contribution in [0.15, 0.2) is 65.6 Å². The number of aliphatic carboxylic acids is 2. The second kappa shape index (κ2) is 9.62. The van der Waals surface area contributed by atoms with E-state index in [2.05, 4.69) is 5.32 Å². The van der Waals surface area contributed by atoms with Crippen molar-refractivity contribution in [1.29, 1.82) is 0 Å². The van der Waals surface area contributed by atoms with Gasteiger partial charge in [-0.05, 0) is 24.1 Å². The van der Waals surface area contributed by atoms with Crippen molar-refractivity contribution < 1.29 is 24.6 Å². The number of hydrogen-bond acceptors (Lipinski definition) is 4. The summed E-state index contributed by atoms with van der Waals surface area (Å²) in [5.41, 5.74) is 0.737. The normalized spacial score (nSPS) is 12.8. The second-order valence-electron chi connectivity index (χ2n) is 5.55. The first-order valence-electron chi connectivity index (χ1n) is 7.99. The Bertz CT molecular complexity index is 751. The summed E-state index contributed by atoms with van der Waals surface area (Å²) in [5.74, 6) is -2.83. The van der Waals surface area contributed by atoms with Gasteiger partial charge in [-0.15, -0.1) is 11.8 Å². The molecule has 0 fully saturated rings. The lowest BCUT2D eigenvalue weighted by Crippen LogP contribution is -2.42. The van der Waals surface area contributed by atoms with E-state index in [0.717, 1.165) is 10.5 Å². The maximum atomic E-state index is 12.8. The van der Waals surface area contributed by atoms with Gasteiger partial charge < -0.3 is 15.5 Å². The Balaban J connectivity index is 2.19. The maximum absolute atomic E-state index is 12.8. The van der Waals surface area contributed by atoms with E-state index in [4.69, 9.17) is 5.11 Å². The average Bonchev–Trinajstić information content (AvgIpc) is 2.64. The zero-order chi connectivity index (χ0) is 18.9. The molecule has 0 aliphatic heterocycles. The molecular weight excluding hydrogens is 354 g/mol. The lowest BCUT2D eigenvalue weighted by molar-refractivity contribution is -0.143. The molecule has 2 atom stereocenters. The molecule has 2 aromatic rings. The Morgan fingerprint density at radius 2 is 1.50 bits per heavy atom. The summed E-state index contributed by atoms with van der Waals surface area (Å²) < 4.78 is 0. The topological polar surface area (TPSA) is 104 Å². The number of amides is 1. The molecule has 0 saturated carbocycles. The van der Waals surface area contributed by atoms with E-state index in [9.17, 15) is 19.5 Å². The molecule has 7 heteroatoms. The molecule has 136 valence electrons. The molecule has 0 heterocycles. The van der Waals surface area contributed by atoms with Gasteiger partial charge in [-0.3, -0.25) is 9.59 Å². The van der Waals surface area contributed by atoms with Crippen molar-refractivity contribution in [1.82, 2.24) is 5.32 Å². The Kier molecular flexibility index (Phi) is 7.23. The first-order valence-corrected chi connectivity index (χ1v) is 8.87. The van der Waals surface area contributed by atoms with Crippen molar-refractivity contribution in [2.75, 3.05) is 0 Å². The van der Waals surface area contributed by atoms with E-state index >= 15 is 0 Å². The fourth-order valence-corrected chi connectivity index (χ4v) is 3.36. The van der Waals surface area contributed by atoms with Crippen LogP contribution in [0.3, 0.4) is 0 Å². The molecule has 0 aromatic heterocycles. The van der Waals surface area contributed by atoms with E-state index in [1.54, 1.807) is 24.3 Å². The summed E-state index contributed by atoms with van der Waals surface area (Å²) in [6.45, 7) is 0. The maximum Gasteiger partial charge on any atom is 0.326 e. The Hall–Kier alpha value is -2.80. The molecule has 26 heavy (non-hydrogen) atoms. The molecular formula is C19H19NO5S. The van der Waals surface area contributed by atoms with Crippen molar-refractivity contribution in [2.24, 2.45) is 0 Å². The molecule has 0 saturated heterocycles. The van der Waals surface area contributed by atoms with Crippen LogP contribution >= 0.6 is 11.8 Å². The number of thioether (sulfide) groups is 1. The lowest BCUT2D eigenvalue weighted by Gasteiger charge is -2.20. The highest BCUT2D eigenvalue weighted by atomic mass is 32.2. The van der Waals surface area contributed by atoms with Gasteiger partial charge in [0.05, 0.1) is 0 Å². The molecule has 0 spiro atoms. The van der Waals surface area contributed by atoms with Gasteiger partial charge in [0, 0.05) is 11.3 Å². The minimum Gasteiger partial charge on any atom is -0.481 e. The van der Waals surface area contributed by atoms with E-state index in [1.165, 1.54) is 11.8 Å². The Morgan fingerprint density at radius 1 is 0.923 bits per heavy atom. The highest BCUT2D eigenvalue weighted by Gasteiger charge is 2.27. The minimum absolute atomic E-state index is 0.173. The number of carbonyl (C=O) groups is 3. The Labute approximate surface area is 155 Å². The molecule has 2 rings (SSSR count). The number of carbonyl (C=O) groups excluding carboxylic acids is 1. The van der Waals surface area contributed by atoms with Gasteiger partial charge in [0.25, 0.3) is 0 Å². The van der Waals surface area contributed by atoms with E-state index < -0.39 is 29.1 Å². The molecule has 1 amide bonds. The quantitative estimate of drug-likeness (QED) is 0.584. The van der Waals surface area contributed by atoms with Gasteiger partial charge in [-0.1, -0.05) is 48.5 Å². The summed E-state index contributed by atoms with van der Waals surface area (Å²) in [6.07, 6.45) is -0.507. The number of nitrogens with one attached hydrogen (secondary N) is 1. The summed E-state index contributed by atoms with van der Waals surface area (Å²) in [5, 5.41) is 19.8. The summed E-state index contributed by atoms with van der Waals surface area (Å²) in [6, 6.07) is 17.1. The average molecular weight is 373 g/mol. The van der Waals surface area contributed by atoms with Crippen molar-refractivity contribution in [3.8, 4) is 0 Å². The summed E-state index contributed by atoms with van der Waals surface area (Å²) in [4.78, 5) is 35.7. The van der Waals surface area contributed by atoms with Crippen LogP contribution in [0.4, 0.5) is 0 Å². The molecule has 0 bridgehead atoms. The van der Waals surface area contributed by atoms with Crippen LogP contribution in [0.1, 0.15) is 23.7 Å². The smallest absolute Gasteiger partial charge is 0.326 e. The third-order valence-corrected chi connectivity index (χ3v) is 4.87. The van der Waals surface area contributed by atoms with Crippen LogP contribution in [0.25, 0.3) is 0 Å². The molecule has 2 aromatic carbocycles. The van der Waals surface area contributed by atoms with Crippen molar-refractivity contribution in [3.05, 3.63) is 66.2 Å². The number of benzene rings is 2. The fraction of sp³-hybridized carbons (Fsp3) is 0.211. The van der Waals surface area contributed by atoms with Crippen LogP contribution in [0, 0.1) is 0 Å². The first-order chi connectivity index (χ1) is 12.5. The van der Waals surface area contributed by atoms with Crippen LogP contribution in [0.2, 0.25) is 0 Å². The van der Waals surface area contributed by atoms with E-state index in [0.29, 0.717) is 0 Å². The first kappa shape index (κ1) is 19.5.